The first kappa shape index (κ1) is 18.0. The maximum atomic E-state index is 12.4. The topological polar surface area (TPSA) is 32.3 Å². The summed E-state index contributed by atoms with van der Waals surface area (Å²) in [6.07, 6.45) is 10.8. The van der Waals surface area contributed by atoms with E-state index in [1.807, 2.05) is 4.90 Å². The zero-order valence-corrected chi connectivity index (χ0v) is 16.3. The second-order valence-electron chi connectivity index (χ2n) is 8.66. The zero-order valence-electron chi connectivity index (χ0n) is 16.3. The summed E-state index contributed by atoms with van der Waals surface area (Å²) in [5, 5.41) is 3.47. The van der Waals surface area contributed by atoms with E-state index in [2.05, 4.69) is 30.4 Å². The van der Waals surface area contributed by atoms with E-state index in [1.165, 1.54) is 62.0 Å². The highest BCUT2D eigenvalue weighted by Crippen LogP contribution is 2.51. The smallest absolute Gasteiger partial charge is 0.226 e. The quantitative estimate of drug-likeness (QED) is 0.773. The van der Waals surface area contributed by atoms with E-state index in [9.17, 15) is 4.79 Å². The van der Waals surface area contributed by atoms with Crippen LogP contribution in [-0.2, 0) is 11.2 Å². The zero-order chi connectivity index (χ0) is 17.9. The summed E-state index contributed by atoms with van der Waals surface area (Å²) in [4.78, 5) is 14.4. The van der Waals surface area contributed by atoms with Crippen LogP contribution in [0.5, 0.6) is 0 Å². The van der Waals surface area contributed by atoms with E-state index >= 15 is 0 Å². The normalized spacial score (nSPS) is 25.3. The van der Waals surface area contributed by atoms with Gasteiger partial charge in [-0.3, -0.25) is 4.79 Å². The van der Waals surface area contributed by atoms with E-state index in [0.717, 1.165) is 43.6 Å². The number of carbonyl (C=O) groups excluding carboxylic acids is 1. The van der Waals surface area contributed by atoms with E-state index < -0.39 is 0 Å². The SMILES string of the molecule is CCCCC(=O)N1CCc2cc(C3CC3CCC3CCNCC3)ccc21. The fourth-order valence-electron chi connectivity index (χ4n) is 4.97. The summed E-state index contributed by atoms with van der Waals surface area (Å²) < 4.78 is 0. The molecule has 0 spiro atoms. The maximum absolute atomic E-state index is 12.4. The minimum atomic E-state index is 0.310. The molecular weight excluding hydrogens is 320 g/mol. The molecule has 2 unspecified atom stereocenters. The lowest BCUT2D eigenvalue weighted by molar-refractivity contribution is -0.118. The molecule has 1 saturated heterocycles. The van der Waals surface area contributed by atoms with Crippen molar-refractivity contribution < 1.29 is 4.79 Å². The Labute approximate surface area is 158 Å². The predicted octanol–water partition coefficient (Wildman–Crippen LogP) is 4.65. The number of fused-ring (bicyclic) bond motifs is 1. The number of piperidine rings is 1. The van der Waals surface area contributed by atoms with Crippen LogP contribution in [0.15, 0.2) is 18.2 Å². The van der Waals surface area contributed by atoms with Crippen molar-refractivity contribution in [3.8, 4) is 0 Å². The van der Waals surface area contributed by atoms with Crippen LogP contribution in [0.3, 0.4) is 0 Å². The first-order valence-electron chi connectivity index (χ1n) is 10.9. The van der Waals surface area contributed by atoms with Gasteiger partial charge in [0.2, 0.25) is 5.91 Å². The molecule has 1 aromatic carbocycles. The molecule has 26 heavy (non-hydrogen) atoms. The number of rotatable bonds is 7. The molecule has 1 aliphatic carbocycles. The van der Waals surface area contributed by atoms with Gasteiger partial charge in [0.25, 0.3) is 0 Å². The van der Waals surface area contributed by atoms with Gasteiger partial charge in [0.05, 0.1) is 0 Å². The van der Waals surface area contributed by atoms with Crippen LogP contribution in [-0.4, -0.2) is 25.5 Å². The minimum absolute atomic E-state index is 0.310. The van der Waals surface area contributed by atoms with Crippen molar-refractivity contribution in [3.05, 3.63) is 29.3 Å². The minimum Gasteiger partial charge on any atom is -0.317 e. The van der Waals surface area contributed by atoms with Crippen molar-refractivity contribution in [2.24, 2.45) is 11.8 Å². The van der Waals surface area contributed by atoms with Crippen LogP contribution >= 0.6 is 0 Å². The molecule has 0 bridgehead atoms. The van der Waals surface area contributed by atoms with Gasteiger partial charge in [0.1, 0.15) is 0 Å². The third-order valence-electron chi connectivity index (χ3n) is 6.80. The summed E-state index contributed by atoms with van der Waals surface area (Å²) in [5.41, 5.74) is 4.11. The average molecular weight is 355 g/mol. The van der Waals surface area contributed by atoms with Gasteiger partial charge in [0, 0.05) is 18.7 Å². The standard InChI is InChI=1S/C23H34N2O/c1-2-3-4-23(26)25-14-11-20-15-18(7-8-22(20)25)21-16-19(21)6-5-17-9-12-24-13-10-17/h7-8,15,17,19,21,24H,2-6,9-14,16H2,1H3. The van der Waals surface area contributed by atoms with Crippen molar-refractivity contribution in [2.75, 3.05) is 24.5 Å². The molecule has 3 aliphatic rings. The second kappa shape index (κ2) is 8.12. The molecular formula is C23H34N2O. The van der Waals surface area contributed by atoms with Gasteiger partial charge in [-0.15, -0.1) is 0 Å². The first-order chi connectivity index (χ1) is 12.8. The Morgan fingerprint density at radius 3 is 2.88 bits per heavy atom. The Hall–Kier alpha value is -1.35. The number of nitrogens with one attached hydrogen (secondary N) is 1. The van der Waals surface area contributed by atoms with Crippen molar-refractivity contribution in [3.63, 3.8) is 0 Å². The molecule has 1 N–H and O–H groups in total. The van der Waals surface area contributed by atoms with Crippen LogP contribution in [0.25, 0.3) is 0 Å². The van der Waals surface area contributed by atoms with Crippen LogP contribution in [0.1, 0.15) is 75.3 Å². The van der Waals surface area contributed by atoms with Crippen LogP contribution in [0.4, 0.5) is 5.69 Å². The lowest BCUT2D eigenvalue weighted by Gasteiger charge is -2.22. The molecule has 0 aromatic heterocycles. The van der Waals surface area contributed by atoms with Crippen LogP contribution in [0.2, 0.25) is 0 Å². The first-order valence-corrected chi connectivity index (χ1v) is 10.9. The van der Waals surface area contributed by atoms with Gasteiger partial charge < -0.3 is 10.2 Å². The summed E-state index contributed by atoms with van der Waals surface area (Å²) >= 11 is 0. The monoisotopic (exact) mass is 354 g/mol. The Bertz CT molecular complexity index is 635. The Balaban J connectivity index is 1.32. The molecule has 1 amide bonds. The van der Waals surface area contributed by atoms with Gasteiger partial charge in [-0.05, 0) is 86.6 Å². The number of hydrogen-bond donors (Lipinski definition) is 1. The highest BCUT2D eigenvalue weighted by Gasteiger charge is 2.38. The third-order valence-corrected chi connectivity index (χ3v) is 6.80. The van der Waals surface area contributed by atoms with Crippen molar-refractivity contribution in [1.82, 2.24) is 5.32 Å². The molecule has 0 radical (unpaired) electrons. The maximum Gasteiger partial charge on any atom is 0.226 e. The van der Waals surface area contributed by atoms with Crippen LogP contribution in [0, 0.1) is 11.8 Å². The van der Waals surface area contributed by atoms with E-state index in [0.29, 0.717) is 12.3 Å². The molecule has 2 heterocycles. The van der Waals surface area contributed by atoms with E-state index in [-0.39, 0.29) is 0 Å². The van der Waals surface area contributed by atoms with Crippen molar-refractivity contribution in [2.45, 2.75) is 70.6 Å². The second-order valence-corrected chi connectivity index (χ2v) is 8.66. The molecule has 1 saturated carbocycles. The molecule has 2 atom stereocenters. The number of benzene rings is 1. The van der Waals surface area contributed by atoms with Gasteiger partial charge in [-0.2, -0.15) is 0 Å². The van der Waals surface area contributed by atoms with Gasteiger partial charge in [-0.25, -0.2) is 0 Å². The highest BCUT2D eigenvalue weighted by molar-refractivity contribution is 5.95. The summed E-state index contributed by atoms with van der Waals surface area (Å²) in [6, 6.07) is 6.95. The third kappa shape index (κ3) is 3.98. The molecule has 2 aliphatic heterocycles. The van der Waals surface area contributed by atoms with E-state index in [1.54, 1.807) is 0 Å². The molecule has 3 nitrogen and oxygen atoms in total. The largest absolute Gasteiger partial charge is 0.317 e. The van der Waals surface area contributed by atoms with Crippen molar-refractivity contribution >= 4 is 11.6 Å². The van der Waals surface area contributed by atoms with E-state index in [4.69, 9.17) is 0 Å². The number of amides is 1. The highest BCUT2D eigenvalue weighted by atomic mass is 16.2. The predicted molar refractivity (Wildman–Crippen MR) is 108 cm³/mol. The van der Waals surface area contributed by atoms with Crippen molar-refractivity contribution in [1.29, 1.82) is 0 Å². The lowest BCUT2D eigenvalue weighted by Crippen LogP contribution is -2.28. The molecule has 142 valence electrons. The number of anilines is 1. The van der Waals surface area contributed by atoms with Gasteiger partial charge >= 0.3 is 0 Å². The number of hydrogen-bond acceptors (Lipinski definition) is 2. The lowest BCUT2D eigenvalue weighted by atomic mass is 9.91. The average Bonchev–Trinajstić information content (AvgIpc) is 3.34. The van der Waals surface area contributed by atoms with Gasteiger partial charge in [-0.1, -0.05) is 31.9 Å². The fourth-order valence-corrected chi connectivity index (χ4v) is 4.97. The summed E-state index contributed by atoms with van der Waals surface area (Å²) in [5.74, 6) is 2.96. The number of nitrogens with zero attached hydrogens (tertiary/aromatic N) is 1. The number of unbranched alkanes of at least 4 members (excludes halogenated alkanes) is 1. The molecule has 3 heteroatoms. The fraction of sp³-hybridized carbons (Fsp3) is 0.696. The summed E-state index contributed by atoms with van der Waals surface area (Å²) in [7, 11) is 0. The Kier molecular flexibility index (Phi) is 5.63. The Morgan fingerprint density at radius 1 is 1.23 bits per heavy atom. The van der Waals surface area contributed by atoms with Gasteiger partial charge in [0.15, 0.2) is 0 Å². The Morgan fingerprint density at radius 2 is 2.08 bits per heavy atom. The molecule has 2 fully saturated rings. The van der Waals surface area contributed by atoms with Crippen LogP contribution < -0.4 is 10.2 Å². The molecule has 1 aromatic rings. The number of carbonyl (C=O) groups is 1. The molecule has 4 rings (SSSR count). The summed E-state index contributed by atoms with van der Waals surface area (Å²) in [6.45, 7) is 5.47.